The Labute approximate surface area is 136 Å². The Morgan fingerprint density at radius 2 is 1.91 bits per heavy atom. The van der Waals surface area contributed by atoms with Gasteiger partial charge in [-0.25, -0.2) is 4.79 Å². The van der Waals surface area contributed by atoms with Crippen LogP contribution in [0.5, 0.6) is 0 Å². The minimum Gasteiger partial charge on any atom is -0.323 e. The van der Waals surface area contributed by atoms with Crippen LogP contribution < -0.4 is 5.32 Å². The maximum Gasteiger partial charge on any atom is 0.433 e. The summed E-state index contributed by atoms with van der Waals surface area (Å²) < 4.78 is -0.294. The number of amides is 1. The summed E-state index contributed by atoms with van der Waals surface area (Å²) in [5.41, 5.74) is -0.222. The van der Waals surface area contributed by atoms with E-state index in [0.717, 1.165) is 23.8 Å². The predicted molar refractivity (Wildman–Crippen MR) is 91.3 cm³/mol. The average Bonchev–Trinajstić information content (AvgIpc) is 2.59. The van der Waals surface area contributed by atoms with E-state index in [0.29, 0.717) is 0 Å². The second kappa shape index (κ2) is 5.44. The number of hydrogen-bond acceptors (Lipinski definition) is 5. The molecule has 0 aromatic heterocycles. The van der Waals surface area contributed by atoms with Gasteiger partial charge >= 0.3 is 6.09 Å². The molecule has 2 rings (SSSR count). The summed E-state index contributed by atoms with van der Waals surface area (Å²) in [5.74, 6) is 0.738. The maximum absolute atomic E-state index is 11.4. The van der Waals surface area contributed by atoms with E-state index in [-0.39, 0.29) is 15.8 Å². The molecule has 124 valence electrons. The first-order chi connectivity index (χ1) is 9.98. The first-order valence-electron chi connectivity index (χ1n) is 7.55. The van der Waals surface area contributed by atoms with Crippen LogP contribution in [0.15, 0.2) is 10.1 Å². The molecular formula is C15H26N4O2S. The molecule has 2 aliphatic heterocycles. The van der Waals surface area contributed by atoms with Gasteiger partial charge in [0.2, 0.25) is 0 Å². The summed E-state index contributed by atoms with van der Waals surface area (Å²) in [5, 5.41) is 7.51. The van der Waals surface area contributed by atoms with Gasteiger partial charge in [-0.2, -0.15) is 0 Å². The topological polar surface area (TPSA) is 66.3 Å². The molecule has 0 spiro atoms. The van der Waals surface area contributed by atoms with E-state index in [2.05, 4.69) is 56.9 Å². The lowest BCUT2D eigenvalue weighted by atomic mass is 9.89. The molecule has 0 aromatic rings. The van der Waals surface area contributed by atoms with Crippen LogP contribution in [0.1, 0.15) is 54.4 Å². The lowest BCUT2D eigenvalue weighted by Gasteiger charge is -2.36. The van der Waals surface area contributed by atoms with Crippen molar-refractivity contribution in [2.75, 3.05) is 7.05 Å². The fraction of sp³-hybridized carbons (Fsp3) is 0.800. The molecule has 0 aliphatic carbocycles. The van der Waals surface area contributed by atoms with E-state index in [1.807, 2.05) is 0 Å². The number of aliphatic imine (C=N–C) groups is 1. The number of nitrogens with zero attached hydrogens (tertiary/aromatic N) is 3. The third-order valence-electron chi connectivity index (χ3n) is 4.06. The molecule has 2 heterocycles. The predicted octanol–water partition coefficient (Wildman–Crippen LogP) is 3.19. The Balaban J connectivity index is 2.47. The summed E-state index contributed by atoms with van der Waals surface area (Å²) >= 11 is 1.67. The fourth-order valence-corrected chi connectivity index (χ4v) is 4.01. The Kier molecular flexibility index (Phi) is 4.23. The van der Waals surface area contributed by atoms with Crippen LogP contribution in [0.3, 0.4) is 0 Å². The fourth-order valence-electron chi connectivity index (χ4n) is 2.62. The van der Waals surface area contributed by atoms with Crippen molar-refractivity contribution in [3.63, 3.8) is 0 Å². The minimum absolute atomic E-state index is 0.0957. The first kappa shape index (κ1) is 17.1. The molecule has 0 radical (unpaired) electrons. The molecule has 0 bridgehead atoms. The van der Waals surface area contributed by atoms with E-state index in [1.54, 1.807) is 11.8 Å². The number of thioether (sulfide) groups is 1. The summed E-state index contributed by atoms with van der Waals surface area (Å²) in [6.45, 7) is 12.8. The van der Waals surface area contributed by atoms with E-state index in [4.69, 9.17) is 9.83 Å². The molecule has 0 saturated carbocycles. The molecule has 2 aliphatic rings. The van der Waals surface area contributed by atoms with Gasteiger partial charge < -0.3 is 5.32 Å². The van der Waals surface area contributed by atoms with Gasteiger partial charge in [-0.05, 0) is 54.4 Å². The molecule has 1 N–H and O–H groups in total. The molecule has 0 unspecified atom stereocenters. The largest absolute Gasteiger partial charge is 0.433 e. The van der Waals surface area contributed by atoms with Gasteiger partial charge in [-0.3, -0.25) is 14.7 Å². The van der Waals surface area contributed by atoms with Crippen molar-refractivity contribution in [1.29, 1.82) is 0 Å². The zero-order valence-electron chi connectivity index (χ0n) is 14.5. The van der Waals surface area contributed by atoms with E-state index in [9.17, 15) is 4.79 Å². The van der Waals surface area contributed by atoms with Crippen LogP contribution in [-0.2, 0) is 4.84 Å². The SMILES string of the molecule is CNC(=O)ON=C1N2C(=NC(C)(C)CCC2(C)C)SC1(C)C. The minimum atomic E-state index is -0.563. The molecule has 0 atom stereocenters. The van der Waals surface area contributed by atoms with Crippen molar-refractivity contribution in [2.24, 2.45) is 10.1 Å². The summed E-state index contributed by atoms with van der Waals surface area (Å²) in [6, 6.07) is 0. The lowest BCUT2D eigenvalue weighted by Crippen LogP contribution is -2.49. The summed E-state index contributed by atoms with van der Waals surface area (Å²) in [6.07, 6.45) is 1.43. The summed E-state index contributed by atoms with van der Waals surface area (Å²) in [7, 11) is 1.52. The monoisotopic (exact) mass is 326 g/mol. The van der Waals surface area contributed by atoms with Gasteiger partial charge in [0.05, 0.1) is 10.3 Å². The molecule has 1 amide bonds. The normalized spacial score (nSPS) is 27.0. The Bertz CT molecular complexity index is 538. The standard InChI is InChI=1S/C15H26N4O2S/c1-13(2)8-9-14(3,4)19-10(18-21-12(20)16-7)15(5,6)22-11(19)17-13/h8-9H2,1-7H3,(H,16,20). The van der Waals surface area contributed by atoms with E-state index < -0.39 is 6.09 Å². The number of carbonyl (C=O) groups is 1. The number of amidine groups is 2. The lowest BCUT2D eigenvalue weighted by molar-refractivity contribution is 0.149. The number of nitrogens with one attached hydrogen (secondary N) is 1. The summed E-state index contributed by atoms with van der Waals surface area (Å²) in [4.78, 5) is 23.4. The van der Waals surface area contributed by atoms with Gasteiger partial charge in [-0.15, -0.1) is 0 Å². The van der Waals surface area contributed by atoms with Crippen molar-refractivity contribution in [2.45, 2.75) is 70.2 Å². The molecule has 22 heavy (non-hydrogen) atoms. The second-order valence-electron chi connectivity index (χ2n) is 7.51. The molecular weight excluding hydrogens is 300 g/mol. The van der Waals surface area contributed by atoms with Crippen LogP contribution >= 0.6 is 11.8 Å². The van der Waals surface area contributed by atoms with E-state index >= 15 is 0 Å². The van der Waals surface area contributed by atoms with Crippen LogP contribution in [-0.4, -0.2) is 44.9 Å². The quantitative estimate of drug-likeness (QED) is 0.593. The first-order valence-corrected chi connectivity index (χ1v) is 8.36. The Morgan fingerprint density at radius 3 is 2.50 bits per heavy atom. The smallest absolute Gasteiger partial charge is 0.323 e. The van der Waals surface area contributed by atoms with Crippen molar-refractivity contribution >= 4 is 28.9 Å². The van der Waals surface area contributed by atoms with E-state index in [1.165, 1.54) is 7.05 Å². The third-order valence-corrected chi connectivity index (χ3v) is 5.21. The second-order valence-corrected chi connectivity index (χ2v) is 9.10. The number of rotatable bonds is 1. The molecule has 6 nitrogen and oxygen atoms in total. The Hall–Kier alpha value is -1.24. The molecule has 1 saturated heterocycles. The maximum atomic E-state index is 11.4. The number of hydrogen-bond donors (Lipinski definition) is 1. The average molecular weight is 326 g/mol. The highest BCUT2D eigenvalue weighted by Gasteiger charge is 2.51. The van der Waals surface area contributed by atoms with Crippen molar-refractivity contribution in [1.82, 2.24) is 10.2 Å². The molecule has 7 heteroatoms. The van der Waals surface area contributed by atoms with Crippen LogP contribution in [0.4, 0.5) is 4.79 Å². The van der Waals surface area contributed by atoms with Crippen molar-refractivity contribution in [3.8, 4) is 0 Å². The van der Waals surface area contributed by atoms with Crippen molar-refractivity contribution in [3.05, 3.63) is 0 Å². The van der Waals surface area contributed by atoms with Crippen molar-refractivity contribution < 1.29 is 9.63 Å². The molecule has 1 fully saturated rings. The number of carbonyl (C=O) groups excluding carboxylic acids is 1. The highest BCUT2D eigenvalue weighted by atomic mass is 32.2. The number of oxime groups is 1. The highest BCUT2D eigenvalue weighted by molar-refractivity contribution is 8.16. The zero-order valence-corrected chi connectivity index (χ0v) is 15.3. The number of fused-ring (bicyclic) bond motifs is 1. The van der Waals surface area contributed by atoms with Gasteiger partial charge in [0.1, 0.15) is 0 Å². The Morgan fingerprint density at radius 1 is 1.27 bits per heavy atom. The van der Waals surface area contributed by atoms with Gasteiger partial charge in [0, 0.05) is 12.6 Å². The highest BCUT2D eigenvalue weighted by Crippen LogP contribution is 2.45. The van der Waals surface area contributed by atoms with Gasteiger partial charge in [-0.1, -0.05) is 16.9 Å². The van der Waals surface area contributed by atoms with Gasteiger partial charge in [0.15, 0.2) is 11.0 Å². The van der Waals surface area contributed by atoms with Crippen LogP contribution in [0.25, 0.3) is 0 Å². The van der Waals surface area contributed by atoms with Gasteiger partial charge in [0.25, 0.3) is 0 Å². The zero-order chi connectivity index (χ0) is 16.8. The third kappa shape index (κ3) is 3.24. The van der Waals surface area contributed by atoms with Crippen LogP contribution in [0.2, 0.25) is 0 Å². The molecule has 0 aromatic carbocycles. The van der Waals surface area contributed by atoms with Crippen LogP contribution in [0, 0.1) is 0 Å².